The highest BCUT2D eigenvalue weighted by atomic mass is 32.2. The fourth-order valence-electron chi connectivity index (χ4n) is 1.01. The van der Waals surface area contributed by atoms with E-state index in [1.54, 1.807) is 5.38 Å². The number of nitrogens with two attached hydrogens (primary N) is 1. The van der Waals surface area contributed by atoms with Crippen LogP contribution in [0.15, 0.2) is 11.4 Å². The van der Waals surface area contributed by atoms with Gasteiger partial charge in [-0.3, -0.25) is 0 Å². The summed E-state index contributed by atoms with van der Waals surface area (Å²) in [6.07, 6.45) is 0. The predicted molar refractivity (Wildman–Crippen MR) is 54.3 cm³/mol. The number of hydrogen-bond donors (Lipinski definition) is 1. The number of aromatic nitrogens is 1. The van der Waals surface area contributed by atoms with E-state index in [1.807, 2.05) is 6.07 Å². The third-order valence-corrected chi connectivity index (χ3v) is 4.57. The van der Waals surface area contributed by atoms with Crippen molar-refractivity contribution in [2.45, 2.75) is 0 Å². The Labute approximate surface area is 80.9 Å². The number of methoxy groups -OCH3 is 1. The number of ether oxygens (including phenoxy) is 1. The number of nitrogen functional groups attached to an aromatic ring is 1. The molecule has 68 valence electrons. The van der Waals surface area contributed by atoms with Crippen LogP contribution in [0.4, 0.5) is 9.93 Å². The fraction of sp³-hybridized carbons (Fsp3) is 0.143. The number of hydrogen-bond acceptors (Lipinski definition) is 5. The lowest BCUT2D eigenvalue weighted by molar-refractivity contribution is 0.199. The van der Waals surface area contributed by atoms with E-state index >= 15 is 0 Å². The summed E-state index contributed by atoms with van der Waals surface area (Å²) < 4.78 is 5.57. The molecule has 0 aliphatic carbocycles. The van der Waals surface area contributed by atoms with Crippen molar-refractivity contribution in [3.8, 4) is 0 Å². The van der Waals surface area contributed by atoms with Crippen LogP contribution in [0.5, 0.6) is 0 Å². The Kier molecular flexibility index (Phi) is 1.93. The summed E-state index contributed by atoms with van der Waals surface area (Å²) >= 11 is 1.34. The van der Waals surface area contributed by atoms with Crippen LogP contribution in [0.2, 0.25) is 0 Å². The van der Waals surface area contributed by atoms with Crippen molar-refractivity contribution >= 4 is 41.8 Å². The first kappa shape index (κ1) is 8.46. The molecule has 0 aromatic carbocycles. The van der Waals surface area contributed by atoms with Crippen LogP contribution in [0.25, 0.3) is 9.53 Å². The molecule has 2 heterocycles. The van der Waals surface area contributed by atoms with Crippen molar-refractivity contribution in [1.29, 1.82) is 0 Å². The zero-order valence-corrected chi connectivity index (χ0v) is 8.45. The molecule has 6 heteroatoms. The van der Waals surface area contributed by atoms with Gasteiger partial charge in [-0.05, 0) is 0 Å². The molecular weight excluding hydrogens is 208 g/mol. The Morgan fingerprint density at radius 1 is 1.77 bits per heavy atom. The highest BCUT2D eigenvalue weighted by Gasteiger charge is 2.23. The molecule has 0 spiro atoms. The van der Waals surface area contributed by atoms with Crippen molar-refractivity contribution in [3.05, 3.63) is 11.4 Å². The molecule has 1 unspecified atom stereocenters. The van der Waals surface area contributed by atoms with Gasteiger partial charge in [-0.1, -0.05) is 0 Å². The first-order valence-corrected chi connectivity index (χ1v) is 5.58. The molecule has 2 rings (SSSR count). The number of fused-ring (bicyclic) bond motifs is 1. The number of carbonyl (C=O) groups is 1. The molecule has 2 aromatic heterocycles. The van der Waals surface area contributed by atoms with E-state index in [9.17, 15) is 4.79 Å². The largest absolute Gasteiger partial charge is 0.468 e. The Morgan fingerprint density at radius 3 is 3.23 bits per heavy atom. The van der Waals surface area contributed by atoms with Crippen LogP contribution in [0, 0.1) is 0 Å². The lowest BCUT2D eigenvalue weighted by Gasteiger charge is -1.87. The summed E-state index contributed by atoms with van der Waals surface area (Å²) in [5, 5.41) is 2.06. The van der Waals surface area contributed by atoms with Crippen molar-refractivity contribution in [2.24, 2.45) is 0 Å². The van der Waals surface area contributed by atoms with Crippen molar-refractivity contribution in [2.75, 3.05) is 12.8 Å². The highest BCUT2D eigenvalue weighted by molar-refractivity contribution is 7.61. The molecule has 0 aliphatic heterocycles. The summed E-state index contributed by atoms with van der Waals surface area (Å²) in [4.78, 5) is 15.3. The number of thiazole rings is 1. The number of carbonyl (C=O) groups excluding carboxylic acids is 1. The second kappa shape index (κ2) is 2.97. The Hall–Kier alpha value is -1.14. The summed E-state index contributed by atoms with van der Waals surface area (Å²) in [5.74, 6) is 0. The van der Waals surface area contributed by atoms with Gasteiger partial charge >= 0.3 is 5.30 Å². The Bertz CT molecular complexity index is 460. The maximum Gasteiger partial charge on any atom is 0.468 e. The highest BCUT2D eigenvalue weighted by Crippen LogP contribution is 2.37. The SMILES string of the molecule is COC(=O)[s+]1ccc2nc(N)sc21. The van der Waals surface area contributed by atoms with Gasteiger partial charge in [-0.15, -0.1) is 0 Å². The average molecular weight is 215 g/mol. The molecule has 2 aromatic rings. The topological polar surface area (TPSA) is 65.2 Å². The van der Waals surface area contributed by atoms with E-state index in [1.165, 1.54) is 18.4 Å². The fourth-order valence-corrected chi connectivity index (χ4v) is 3.72. The maximum atomic E-state index is 11.3. The van der Waals surface area contributed by atoms with Gasteiger partial charge < -0.3 is 10.5 Å². The second-order valence-electron chi connectivity index (χ2n) is 2.32. The molecule has 13 heavy (non-hydrogen) atoms. The van der Waals surface area contributed by atoms with E-state index in [2.05, 4.69) is 9.72 Å². The number of nitrogens with zero attached hydrogens (tertiary/aromatic N) is 1. The molecule has 0 aliphatic rings. The van der Waals surface area contributed by atoms with Gasteiger partial charge in [-0.2, -0.15) is 4.98 Å². The molecule has 2 N–H and O–H groups in total. The van der Waals surface area contributed by atoms with Gasteiger partial charge in [-0.25, -0.2) is 4.79 Å². The van der Waals surface area contributed by atoms with E-state index in [0.717, 1.165) is 9.53 Å². The molecular formula is C7H7N2O2S2+. The van der Waals surface area contributed by atoms with Gasteiger partial charge in [0.15, 0.2) is 0 Å². The molecule has 0 saturated heterocycles. The lowest BCUT2D eigenvalue weighted by Crippen LogP contribution is -1.88. The van der Waals surface area contributed by atoms with E-state index in [0.29, 0.717) is 5.13 Å². The second-order valence-corrected chi connectivity index (χ2v) is 5.30. The van der Waals surface area contributed by atoms with Gasteiger partial charge in [0.2, 0.25) is 0 Å². The summed E-state index contributed by atoms with van der Waals surface area (Å²) in [5.41, 5.74) is 6.32. The monoisotopic (exact) mass is 215 g/mol. The van der Waals surface area contributed by atoms with Crippen LogP contribution < -0.4 is 5.73 Å². The van der Waals surface area contributed by atoms with Crippen molar-refractivity contribution < 1.29 is 9.53 Å². The third-order valence-electron chi connectivity index (χ3n) is 1.55. The molecule has 0 radical (unpaired) electrons. The minimum absolute atomic E-state index is 0.237. The third kappa shape index (κ3) is 1.27. The van der Waals surface area contributed by atoms with E-state index < -0.39 is 10.5 Å². The van der Waals surface area contributed by atoms with Crippen LogP contribution in [0.3, 0.4) is 0 Å². The van der Waals surface area contributed by atoms with Crippen molar-refractivity contribution in [3.63, 3.8) is 0 Å². The quantitative estimate of drug-likeness (QED) is 0.585. The minimum atomic E-state index is -0.592. The summed E-state index contributed by atoms with van der Waals surface area (Å²) in [7, 11) is 0.789. The average Bonchev–Trinajstić information content (AvgIpc) is 2.61. The molecule has 0 fully saturated rings. The van der Waals surface area contributed by atoms with Crippen LogP contribution in [-0.2, 0) is 4.74 Å². The Balaban J connectivity index is 2.62. The first-order chi connectivity index (χ1) is 6.22. The smallest absolute Gasteiger partial charge is 0.443 e. The minimum Gasteiger partial charge on any atom is -0.443 e. The Morgan fingerprint density at radius 2 is 2.54 bits per heavy atom. The van der Waals surface area contributed by atoms with Gasteiger partial charge in [0.1, 0.15) is 16.9 Å². The number of thiophene rings is 1. The zero-order chi connectivity index (χ0) is 9.42. The van der Waals surface area contributed by atoms with E-state index in [-0.39, 0.29) is 5.30 Å². The predicted octanol–water partition coefficient (Wildman–Crippen LogP) is 2.24. The van der Waals surface area contributed by atoms with Gasteiger partial charge in [0.25, 0.3) is 9.15 Å². The van der Waals surface area contributed by atoms with Gasteiger partial charge in [0, 0.05) is 16.5 Å². The van der Waals surface area contributed by atoms with Gasteiger partial charge in [0.05, 0.1) is 12.5 Å². The molecule has 0 amide bonds. The van der Waals surface area contributed by atoms with Crippen LogP contribution in [-0.4, -0.2) is 17.4 Å². The summed E-state index contributed by atoms with van der Waals surface area (Å²) in [6.45, 7) is 0. The number of anilines is 1. The zero-order valence-electron chi connectivity index (χ0n) is 6.81. The molecule has 0 bridgehead atoms. The van der Waals surface area contributed by atoms with Crippen LogP contribution >= 0.6 is 21.8 Å². The molecule has 4 nitrogen and oxygen atoms in total. The maximum absolute atomic E-state index is 11.3. The lowest BCUT2D eigenvalue weighted by atomic mass is 10.6. The first-order valence-electron chi connectivity index (χ1n) is 3.48. The molecule has 0 saturated carbocycles. The number of rotatable bonds is 1. The molecule has 1 atom stereocenters. The van der Waals surface area contributed by atoms with E-state index in [4.69, 9.17) is 5.73 Å². The van der Waals surface area contributed by atoms with Crippen LogP contribution in [0.1, 0.15) is 0 Å². The standard InChI is InChI=1S/C7H7N2O2S2/c1-11-7(10)13-3-2-4-5(13)12-6(8)9-4/h2-3H,1H3,(H2,8,9)/q+1. The summed E-state index contributed by atoms with van der Waals surface area (Å²) in [6, 6.07) is 1.81. The van der Waals surface area contributed by atoms with Crippen molar-refractivity contribution in [1.82, 2.24) is 4.98 Å². The normalized spacial score (nSPS) is 11.9.